The maximum absolute atomic E-state index is 6.15. The zero-order valence-electron chi connectivity index (χ0n) is 8.74. The molecule has 0 amide bonds. The van der Waals surface area contributed by atoms with Gasteiger partial charge in [-0.05, 0) is 37.5 Å². The van der Waals surface area contributed by atoms with Crippen LogP contribution in [0.1, 0.15) is 27.6 Å². The molecule has 1 aromatic carbocycles. The summed E-state index contributed by atoms with van der Waals surface area (Å²) in [5.41, 5.74) is 4.20. The number of hydrogen-bond donors (Lipinski definition) is 0. The highest BCUT2D eigenvalue weighted by Gasteiger charge is 2.34. The third-order valence-electron chi connectivity index (χ3n) is 2.28. The molecule has 0 N–H and O–H groups in total. The third kappa shape index (κ3) is 3.17. The lowest BCUT2D eigenvalue weighted by atomic mass is 9.97. The topological polar surface area (TPSA) is 0 Å². The molecule has 0 bridgehead atoms. The van der Waals surface area contributed by atoms with Gasteiger partial charge >= 0.3 is 0 Å². The normalized spacial score (nSPS) is 14.1. The van der Waals surface area contributed by atoms with Gasteiger partial charge in [-0.1, -0.05) is 52.5 Å². The van der Waals surface area contributed by atoms with E-state index in [9.17, 15) is 0 Å². The molecular weight excluding hydrogens is 274 g/mol. The Bertz CT molecular complexity index is 342. The monoisotopic (exact) mass is 284 g/mol. The fraction of sp³-hybridized carbons (Fsp3) is 0.455. The van der Waals surface area contributed by atoms with E-state index in [2.05, 4.69) is 0 Å². The van der Waals surface area contributed by atoms with Gasteiger partial charge in [0.05, 0.1) is 0 Å². The molecule has 0 saturated carbocycles. The first-order valence-corrected chi connectivity index (χ1v) is 6.09. The molecule has 0 fully saturated rings. The summed E-state index contributed by atoms with van der Waals surface area (Å²) < 4.78 is -1.48. The summed E-state index contributed by atoms with van der Waals surface area (Å²) in [6, 6.07) is 4.07. The molecule has 0 aliphatic rings. The highest BCUT2D eigenvalue weighted by Crippen LogP contribution is 2.46. The van der Waals surface area contributed by atoms with Crippen molar-refractivity contribution in [3.8, 4) is 0 Å². The first-order chi connectivity index (χ1) is 6.73. The molecule has 0 saturated heterocycles. The Morgan fingerprint density at radius 3 is 1.73 bits per heavy atom. The average molecular weight is 286 g/mol. The molecular formula is C11H12Cl4. The molecule has 1 unspecified atom stereocenters. The molecule has 1 atom stereocenters. The van der Waals surface area contributed by atoms with Crippen LogP contribution in [-0.4, -0.2) is 3.79 Å². The molecule has 1 aromatic rings. The van der Waals surface area contributed by atoms with E-state index in [1.165, 1.54) is 5.56 Å². The van der Waals surface area contributed by atoms with Crippen molar-refractivity contribution in [3.63, 3.8) is 0 Å². The minimum atomic E-state index is -1.48. The molecule has 0 aliphatic heterocycles. The zero-order chi connectivity index (χ0) is 11.8. The predicted molar refractivity (Wildman–Crippen MR) is 69.5 cm³/mol. The van der Waals surface area contributed by atoms with Crippen LogP contribution in [0, 0.1) is 20.8 Å². The summed E-state index contributed by atoms with van der Waals surface area (Å²) in [4.78, 5) is 0. The first kappa shape index (κ1) is 13.4. The van der Waals surface area contributed by atoms with Gasteiger partial charge in [-0.15, -0.1) is 11.6 Å². The number of halogens is 4. The van der Waals surface area contributed by atoms with E-state index in [0.717, 1.165) is 16.7 Å². The summed E-state index contributed by atoms with van der Waals surface area (Å²) in [6.07, 6.45) is 0. The van der Waals surface area contributed by atoms with E-state index < -0.39 is 9.17 Å². The summed E-state index contributed by atoms with van der Waals surface area (Å²) in [5.74, 6) is 0. The second kappa shape index (κ2) is 4.71. The Kier molecular flexibility index (Phi) is 4.22. The second-order valence-corrected chi connectivity index (χ2v) is 6.52. The van der Waals surface area contributed by atoms with Crippen LogP contribution in [0.25, 0.3) is 0 Å². The lowest BCUT2D eigenvalue weighted by molar-refractivity contribution is 0.942. The molecule has 1 rings (SSSR count). The SMILES string of the molecule is Cc1cc(C)c(C(Cl)C(Cl)(Cl)Cl)c(C)c1. The molecule has 0 aromatic heterocycles. The van der Waals surface area contributed by atoms with Gasteiger partial charge in [0.2, 0.25) is 3.79 Å². The Labute approximate surface area is 110 Å². The first-order valence-electron chi connectivity index (χ1n) is 4.52. The fourth-order valence-corrected chi connectivity index (χ4v) is 2.43. The smallest absolute Gasteiger partial charge is 0.113 e. The van der Waals surface area contributed by atoms with Gasteiger partial charge in [0.15, 0.2) is 0 Å². The molecule has 4 heteroatoms. The Hall–Kier alpha value is 0.380. The second-order valence-electron chi connectivity index (χ2n) is 3.72. The minimum absolute atomic E-state index is 0.622. The molecule has 84 valence electrons. The van der Waals surface area contributed by atoms with Crippen molar-refractivity contribution in [2.45, 2.75) is 29.9 Å². The number of hydrogen-bond acceptors (Lipinski definition) is 0. The number of aryl methyl sites for hydroxylation is 3. The highest BCUT2D eigenvalue weighted by molar-refractivity contribution is 6.70. The molecule has 0 radical (unpaired) electrons. The summed E-state index contributed by atoms with van der Waals surface area (Å²) >= 11 is 23.6. The highest BCUT2D eigenvalue weighted by atomic mass is 35.6. The van der Waals surface area contributed by atoms with Gasteiger partial charge in [-0.2, -0.15) is 0 Å². The van der Waals surface area contributed by atoms with Crippen molar-refractivity contribution < 1.29 is 0 Å². The largest absolute Gasteiger partial charge is 0.210 e. The van der Waals surface area contributed by atoms with Crippen molar-refractivity contribution >= 4 is 46.4 Å². The number of alkyl halides is 4. The quantitative estimate of drug-likeness (QED) is 0.617. The van der Waals surface area contributed by atoms with Crippen molar-refractivity contribution in [1.29, 1.82) is 0 Å². The van der Waals surface area contributed by atoms with E-state index in [4.69, 9.17) is 46.4 Å². The van der Waals surface area contributed by atoms with Gasteiger partial charge in [-0.25, -0.2) is 0 Å². The Balaban J connectivity index is 3.26. The minimum Gasteiger partial charge on any atom is -0.113 e. The lowest BCUT2D eigenvalue weighted by Gasteiger charge is -2.22. The van der Waals surface area contributed by atoms with Crippen LogP contribution in [0.2, 0.25) is 0 Å². The maximum atomic E-state index is 6.15. The lowest BCUT2D eigenvalue weighted by Crippen LogP contribution is -2.14. The number of benzene rings is 1. The van der Waals surface area contributed by atoms with Crippen LogP contribution < -0.4 is 0 Å². The van der Waals surface area contributed by atoms with Crippen LogP contribution >= 0.6 is 46.4 Å². The van der Waals surface area contributed by atoms with Crippen molar-refractivity contribution in [2.24, 2.45) is 0 Å². The van der Waals surface area contributed by atoms with Gasteiger partial charge < -0.3 is 0 Å². The molecule has 0 heterocycles. The van der Waals surface area contributed by atoms with Crippen molar-refractivity contribution in [2.75, 3.05) is 0 Å². The van der Waals surface area contributed by atoms with Crippen molar-refractivity contribution in [1.82, 2.24) is 0 Å². The van der Waals surface area contributed by atoms with Crippen LogP contribution in [0.5, 0.6) is 0 Å². The Morgan fingerprint density at radius 2 is 1.40 bits per heavy atom. The van der Waals surface area contributed by atoms with Gasteiger partial charge in [0.1, 0.15) is 5.38 Å². The van der Waals surface area contributed by atoms with Gasteiger partial charge in [0.25, 0.3) is 0 Å². The van der Waals surface area contributed by atoms with Gasteiger partial charge in [-0.3, -0.25) is 0 Å². The maximum Gasteiger partial charge on any atom is 0.210 e. The fourth-order valence-electron chi connectivity index (χ4n) is 1.75. The summed E-state index contributed by atoms with van der Waals surface area (Å²) in [5, 5.41) is -0.622. The summed E-state index contributed by atoms with van der Waals surface area (Å²) in [6.45, 7) is 5.98. The zero-order valence-corrected chi connectivity index (χ0v) is 11.8. The standard InChI is InChI=1S/C11H12Cl4/c1-6-4-7(2)9(8(3)5-6)10(12)11(13,14)15/h4-5,10H,1-3H3. The van der Waals surface area contributed by atoms with E-state index in [0.29, 0.717) is 0 Å². The van der Waals surface area contributed by atoms with Crippen LogP contribution in [0.4, 0.5) is 0 Å². The van der Waals surface area contributed by atoms with Gasteiger partial charge in [0, 0.05) is 0 Å². The van der Waals surface area contributed by atoms with Crippen molar-refractivity contribution in [3.05, 3.63) is 34.4 Å². The van der Waals surface area contributed by atoms with E-state index in [1.54, 1.807) is 0 Å². The van der Waals surface area contributed by atoms with E-state index in [-0.39, 0.29) is 0 Å². The molecule has 0 nitrogen and oxygen atoms in total. The number of rotatable bonds is 1. The average Bonchev–Trinajstić information content (AvgIpc) is 1.99. The van der Waals surface area contributed by atoms with E-state index in [1.807, 2.05) is 32.9 Å². The van der Waals surface area contributed by atoms with Crippen LogP contribution in [0.15, 0.2) is 12.1 Å². The summed E-state index contributed by atoms with van der Waals surface area (Å²) in [7, 11) is 0. The Morgan fingerprint density at radius 1 is 1.00 bits per heavy atom. The van der Waals surface area contributed by atoms with E-state index >= 15 is 0 Å². The van der Waals surface area contributed by atoms with Crippen LogP contribution in [0.3, 0.4) is 0 Å². The predicted octanol–water partition coefficient (Wildman–Crippen LogP) is 5.26. The molecule has 0 spiro atoms. The molecule has 0 aliphatic carbocycles. The van der Waals surface area contributed by atoms with Crippen LogP contribution in [-0.2, 0) is 0 Å². The molecule has 15 heavy (non-hydrogen) atoms. The third-order valence-corrected chi connectivity index (χ3v) is 3.81.